The van der Waals surface area contributed by atoms with Gasteiger partial charge in [0, 0.05) is 17.2 Å². The van der Waals surface area contributed by atoms with Crippen LogP contribution in [-0.2, 0) is 0 Å². The maximum Gasteiger partial charge on any atom is 0.136 e. The Hall–Kier alpha value is -0.650. The molecule has 0 saturated heterocycles. The van der Waals surface area contributed by atoms with Gasteiger partial charge in [0.1, 0.15) is 11.6 Å². The number of hydrogen-bond acceptors (Lipinski definition) is 3. The molecule has 0 fully saturated rings. The van der Waals surface area contributed by atoms with Crippen molar-refractivity contribution in [3.8, 4) is 0 Å². The molecule has 17 heavy (non-hydrogen) atoms. The summed E-state index contributed by atoms with van der Waals surface area (Å²) in [5.41, 5.74) is 0. The number of rotatable bonds is 7. The Morgan fingerprint density at radius 2 is 2.18 bits per heavy atom. The van der Waals surface area contributed by atoms with Gasteiger partial charge in [-0.05, 0) is 31.2 Å². The second kappa shape index (κ2) is 7.63. The molecule has 1 atom stereocenters. The molecule has 0 aliphatic rings. The second-order valence-corrected chi connectivity index (χ2v) is 4.81. The third-order valence-corrected chi connectivity index (χ3v) is 3.31. The Labute approximate surface area is 104 Å². The number of aliphatic hydroxyl groups is 1. The molecule has 0 radical (unpaired) electrons. The number of halogens is 2. The van der Waals surface area contributed by atoms with Crippen molar-refractivity contribution in [2.24, 2.45) is 0 Å². The van der Waals surface area contributed by atoms with Gasteiger partial charge in [-0.3, -0.25) is 0 Å². The summed E-state index contributed by atoms with van der Waals surface area (Å²) in [6.07, 6.45) is 0.437. The van der Waals surface area contributed by atoms with Gasteiger partial charge in [-0.15, -0.1) is 11.8 Å². The zero-order valence-electron chi connectivity index (χ0n) is 9.75. The van der Waals surface area contributed by atoms with E-state index in [0.29, 0.717) is 12.3 Å². The average molecular weight is 261 g/mol. The van der Waals surface area contributed by atoms with Crippen LogP contribution in [0.25, 0.3) is 0 Å². The van der Waals surface area contributed by atoms with E-state index in [1.807, 2.05) is 6.92 Å². The first kappa shape index (κ1) is 14.4. The summed E-state index contributed by atoms with van der Waals surface area (Å²) < 4.78 is 26.1. The van der Waals surface area contributed by atoms with E-state index in [1.165, 1.54) is 0 Å². The van der Waals surface area contributed by atoms with Gasteiger partial charge in [0.25, 0.3) is 0 Å². The van der Waals surface area contributed by atoms with E-state index in [-0.39, 0.29) is 4.90 Å². The predicted molar refractivity (Wildman–Crippen MR) is 66.2 cm³/mol. The molecule has 2 nitrogen and oxygen atoms in total. The van der Waals surface area contributed by atoms with Crippen LogP contribution in [-0.4, -0.2) is 30.1 Å². The fraction of sp³-hybridized carbons (Fsp3) is 0.500. The summed E-state index contributed by atoms with van der Waals surface area (Å²) >= 11 is 1.12. The van der Waals surface area contributed by atoms with E-state index in [4.69, 9.17) is 0 Å². The van der Waals surface area contributed by atoms with Crippen LogP contribution in [0.1, 0.15) is 13.3 Å². The van der Waals surface area contributed by atoms with Gasteiger partial charge in [-0.2, -0.15) is 0 Å². The lowest BCUT2D eigenvalue weighted by Gasteiger charge is -2.11. The van der Waals surface area contributed by atoms with Gasteiger partial charge in [0.2, 0.25) is 0 Å². The van der Waals surface area contributed by atoms with Gasteiger partial charge >= 0.3 is 0 Å². The molecule has 0 aliphatic heterocycles. The lowest BCUT2D eigenvalue weighted by molar-refractivity contribution is 0.196. The highest BCUT2D eigenvalue weighted by atomic mass is 32.2. The first-order valence-electron chi connectivity index (χ1n) is 5.60. The van der Waals surface area contributed by atoms with Gasteiger partial charge in [0.15, 0.2) is 0 Å². The first-order valence-corrected chi connectivity index (χ1v) is 6.58. The summed E-state index contributed by atoms with van der Waals surface area (Å²) in [5.74, 6) is -0.575. The summed E-state index contributed by atoms with van der Waals surface area (Å²) in [7, 11) is 0. The summed E-state index contributed by atoms with van der Waals surface area (Å²) in [4.78, 5) is 0.236. The van der Waals surface area contributed by atoms with Crippen molar-refractivity contribution in [2.45, 2.75) is 24.3 Å². The van der Waals surface area contributed by atoms with Crippen LogP contribution in [0, 0.1) is 11.6 Å². The molecule has 0 aliphatic carbocycles. The molecular formula is C12H17F2NOS. The van der Waals surface area contributed by atoms with Gasteiger partial charge in [0.05, 0.1) is 6.10 Å². The van der Waals surface area contributed by atoms with E-state index in [1.54, 1.807) is 0 Å². The SMILES string of the molecule is CCCNCC(O)CSc1cc(F)ccc1F. The van der Waals surface area contributed by atoms with Gasteiger partial charge in [-0.25, -0.2) is 8.78 Å². The van der Waals surface area contributed by atoms with E-state index in [9.17, 15) is 13.9 Å². The van der Waals surface area contributed by atoms with Crippen molar-refractivity contribution in [1.82, 2.24) is 5.32 Å². The van der Waals surface area contributed by atoms with Crippen LogP contribution in [0.2, 0.25) is 0 Å². The molecule has 2 N–H and O–H groups in total. The van der Waals surface area contributed by atoms with Crippen LogP contribution in [0.3, 0.4) is 0 Å². The normalized spacial score (nSPS) is 12.7. The Kier molecular flexibility index (Phi) is 6.47. The number of aliphatic hydroxyl groups excluding tert-OH is 1. The molecule has 0 amide bonds. The zero-order chi connectivity index (χ0) is 12.7. The standard InChI is InChI=1S/C12H17F2NOS/c1-2-5-15-7-10(16)8-17-12-6-9(13)3-4-11(12)14/h3-4,6,10,15-16H,2,5,7-8H2,1H3. The third-order valence-electron chi connectivity index (χ3n) is 2.13. The molecule has 0 saturated carbocycles. The maximum atomic E-state index is 13.2. The van der Waals surface area contributed by atoms with Crippen molar-refractivity contribution in [3.05, 3.63) is 29.8 Å². The lowest BCUT2D eigenvalue weighted by atomic mass is 10.3. The average Bonchev–Trinajstić information content (AvgIpc) is 2.31. The van der Waals surface area contributed by atoms with Crippen molar-refractivity contribution >= 4 is 11.8 Å². The fourth-order valence-corrected chi connectivity index (χ4v) is 2.17. The third kappa shape index (κ3) is 5.48. The molecule has 1 aromatic rings. The van der Waals surface area contributed by atoms with Gasteiger partial charge < -0.3 is 10.4 Å². The molecule has 0 spiro atoms. The Morgan fingerprint density at radius 1 is 1.41 bits per heavy atom. The molecule has 96 valence electrons. The minimum absolute atomic E-state index is 0.236. The molecular weight excluding hydrogens is 244 g/mol. The van der Waals surface area contributed by atoms with Crippen LogP contribution >= 0.6 is 11.8 Å². The highest BCUT2D eigenvalue weighted by molar-refractivity contribution is 7.99. The van der Waals surface area contributed by atoms with Crippen LogP contribution in [0.5, 0.6) is 0 Å². The van der Waals surface area contributed by atoms with Crippen molar-refractivity contribution in [3.63, 3.8) is 0 Å². The smallest absolute Gasteiger partial charge is 0.136 e. The molecule has 1 aromatic carbocycles. The molecule has 5 heteroatoms. The zero-order valence-corrected chi connectivity index (χ0v) is 10.6. The number of benzene rings is 1. The Balaban J connectivity index is 2.36. The topological polar surface area (TPSA) is 32.3 Å². The van der Waals surface area contributed by atoms with Crippen LogP contribution in [0.4, 0.5) is 8.78 Å². The molecule has 0 heterocycles. The predicted octanol–water partition coefficient (Wildman–Crippen LogP) is 2.42. The Bertz CT molecular complexity index is 349. The van der Waals surface area contributed by atoms with Crippen molar-refractivity contribution in [2.75, 3.05) is 18.8 Å². The van der Waals surface area contributed by atoms with E-state index >= 15 is 0 Å². The number of thioether (sulfide) groups is 1. The monoisotopic (exact) mass is 261 g/mol. The number of nitrogens with one attached hydrogen (secondary N) is 1. The fourth-order valence-electron chi connectivity index (χ4n) is 1.28. The number of hydrogen-bond donors (Lipinski definition) is 2. The minimum Gasteiger partial charge on any atom is -0.391 e. The summed E-state index contributed by atoms with van der Waals surface area (Å²) in [5, 5.41) is 12.7. The molecule has 1 unspecified atom stereocenters. The molecule has 0 aromatic heterocycles. The van der Waals surface area contributed by atoms with Crippen LogP contribution < -0.4 is 5.32 Å². The van der Waals surface area contributed by atoms with E-state index in [0.717, 1.165) is 42.9 Å². The van der Waals surface area contributed by atoms with Gasteiger partial charge in [-0.1, -0.05) is 6.92 Å². The summed E-state index contributed by atoms with van der Waals surface area (Å²) in [6.45, 7) is 3.35. The maximum absolute atomic E-state index is 13.2. The minimum atomic E-state index is -0.561. The Morgan fingerprint density at radius 3 is 2.88 bits per heavy atom. The van der Waals surface area contributed by atoms with Crippen LogP contribution in [0.15, 0.2) is 23.1 Å². The second-order valence-electron chi connectivity index (χ2n) is 3.74. The molecule has 0 bridgehead atoms. The van der Waals surface area contributed by atoms with E-state index in [2.05, 4.69) is 5.32 Å². The quantitative estimate of drug-likeness (QED) is 0.584. The highest BCUT2D eigenvalue weighted by Gasteiger charge is 2.08. The summed E-state index contributed by atoms with van der Waals surface area (Å²) in [6, 6.07) is 3.32. The largest absolute Gasteiger partial charge is 0.391 e. The molecule has 1 rings (SSSR count). The lowest BCUT2D eigenvalue weighted by Crippen LogP contribution is -2.28. The van der Waals surface area contributed by atoms with Crippen molar-refractivity contribution < 1.29 is 13.9 Å². The highest BCUT2D eigenvalue weighted by Crippen LogP contribution is 2.23. The van der Waals surface area contributed by atoms with E-state index < -0.39 is 17.7 Å². The first-order chi connectivity index (χ1) is 8.13. The van der Waals surface area contributed by atoms with Crippen molar-refractivity contribution in [1.29, 1.82) is 0 Å².